The number of methoxy groups -OCH3 is 2. The van der Waals surface area contributed by atoms with Gasteiger partial charge in [0, 0.05) is 18.6 Å². The summed E-state index contributed by atoms with van der Waals surface area (Å²) in [5.74, 6) is 1.01. The van der Waals surface area contributed by atoms with E-state index in [0.717, 1.165) is 0 Å². The van der Waals surface area contributed by atoms with Gasteiger partial charge in [0.1, 0.15) is 0 Å². The van der Waals surface area contributed by atoms with E-state index in [4.69, 9.17) is 26.8 Å². The number of nitrogens with one attached hydrogen (secondary N) is 1. The molecule has 0 saturated heterocycles. The molecule has 6 heteroatoms. The van der Waals surface area contributed by atoms with Crippen LogP contribution in [-0.2, 0) is 4.79 Å². The van der Waals surface area contributed by atoms with Gasteiger partial charge in [-0.15, -0.1) is 0 Å². The maximum absolute atomic E-state index is 11.8. The molecule has 0 aliphatic rings. The molecule has 3 N–H and O–H groups in total. The van der Waals surface area contributed by atoms with Crippen molar-refractivity contribution in [3.63, 3.8) is 0 Å². The first-order valence-corrected chi connectivity index (χ1v) is 6.31. The molecule has 0 spiro atoms. The molecule has 1 atom stereocenters. The first-order chi connectivity index (χ1) is 9.01. The van der Waals surface area contributed by atoms with Crippen LogP contribution in [0.1, 0.15) is 13.3 Å². The van der Waals surface area contributed by atoms with Crippen LogP contribution in [0, 0.1) is 5.92 Å². The highest BCUT2D eigenvalue weighted by Crippen LogP contribution is 2.36. The standard InChI is InChI=1S/C13H19ClN2O3/c1-8(7-15)4-13(17)16-10-6-12(19-3)11(18-2)5-9(10)14/h5-6,8H,4,7,15H2,1-3H3,(H,16,17). The second kappa shape index (κ2) is 7.21. The Balaban J connectivity index is 2.86. The van der Waals surface area contributed by atoms with Crippen LogP contribution in [0.25, 0.3) is 0 Å². The Morgan fingerprint density at radius 3 is 2.47 bits per heavy atom. The van der Waals surface area contributed by atoms with E-state index >= 15 is 0 Å². The van der Waals surface area contributed by atoms with E-state index in [2.05, 4.69) is 5.32 Å². The topological polar surface area (TPSA) is 73.6 Å². The average molecular weight is 287 g/mol. The number of anilines is 1. The van der Waals surface area contributed by atoms with E-state index in [0.29, 0.717) is 35.2 Å². The number of carbonyl (C=O) groups is 1. The van der Waals surface area contributed by atoms with E-state index in [1.807, 2.05) is 6.92 Å². The summed E-state index contributed by atoms with van der Waals surface area (Å²) in [7, 11) is 3.04. The fraction of sp³-hybridized carbons (Fsp3) is 0.462. The average Bonchev–Trinajstić information content (AvgIpc) is 2.40. The number of benzene rings is 1. The van der Waals surface area contributed by atoms with Crippen LogP contribution in [-0.4, -0.2) is 26.7 Å². The lowest BCUT2D eigenvalue weighted by Crippen LogP contribution is -2.20. The molecule has 0 bridgehead atoms. The van der Waals surface area contributed by atoms with E-state index in [1.165, 1.54) is 14.2 Å². The number of hydrogen-bond donors (Lipinski definition) is 2. The van der Waals surface area contributed by atoms with Crippen molar-refractivity contribution in [3.05, 3.63) is 17.2 Å². The minimum atomic E-state index is -0.132. The van der Waals surface area contributed by atoms with Gasteiger partial charge < -0.3 is 20.5 Å². The molecule has 0 fully saturated rings. The van der Waals surface area contributed by atoms with E-state index in [1.54, 1.807) is 12.1 Å². The van der Waals surface area contributed by atoms with Crippen LogP contribution >= 0.6 is 11.6 Å². The first-order valence-electron chi connectivity index (χ1n) is 5.93. The molecule has 1 rings (SSSR count). The van der Waals surface area contributed by atoms with Crippen LogP contribution < -0.4 is 20.5 Å². The van der Waals surface area contributed by atoms with Crippen molar-refractivity contribution < 1.29 is 14.3 Å². The van der Waals surface area contributed by atoms with E-state index in [-0.39, 0.29) is 11.8 Å². The zero-order valence-corrected chi connectivity index (χ0v) is 12.1. The van der Waals surface area contributed by atoms with Gasteiger partial charge in [0.05, 0.1) is 24.9 Å². The minimum absolute atomic E-state index is 0.124. The summed E-state index contributed by atoms with van der Waals surface area (Å²) in [5.41, 5.74) is 5.98. The van der Waals surface area contributed by atoms with Gasteiger partial charge in [0.2, 0.25) is 5.91 Å². The number of halogens is 1. The third-order valence-electron chi connectivity index (χ3n) is 2.68. The summed E-state index contributed by atoms with van der Waals surface area (Å²) >= 11 is 6.08. The summed E-state index contributed by atoms with van der Waals surface area (Å²) in [6, 6.07) is 3.23. The van der Waals surface area contributed by atoms with Gasteiger partial charge in [0.25, 0.3) is 0 Å². The third kappa shape index (κ3) is 4.29. The quantitative estimate of drug-likeness (QED) is 0.841. The summed E-state index contributed by atoms with van der Waals surface area (Å²) in [5, 5.41) is 3.13. The number of carbonyl (C=O) groups excluding carboxylic acids is 1. The highest BCUT2D eigenvalue weighted by Gasteiger charge is 2.13. The molecule has 0 saturated carbocycles. The lowest BCUT2D eigenvalue weighted by molar-refractivity contribution is -0.116. The second-order valence-electron chi connectivity index (χ2n) is 4.28. The van der Waals surface area contributed by atoms with Crippen molar-refractivity contribution in [1.82, 2.24) is 0 Å². The minimum Gasteiger partial charge on any atom is -0.493 e. The normalized spacial score (nSPS) is 11.8. The van der Waals surface area contributed by atoms with Gasteiger partial charge in [-0.25, -0.2) is 0 Å². The van der Waals surface area contributed by atoms with E-state index < -0.39 is 0 Å². The van der Waals surface area contributed by atoms with Crippen molar-refractivity contribution in [1.29, 1.82) is 0 Å². The highest BCUT2D eigenvalue weighted by molar-refractivity contribution is 6.34. The molecular formula is C13H19ClN2O3. The number of nitrogens with two attached hydrogens (primary N) is 1. The Hall–Kier alpha value is -1.46. The molecule has 1 aromatic rings. The summed E-state index contributed by atoms with van der Waals surface area (Å²) in [6.07, 6.45) is 0.348. The van der Waals surface area contributed by atoms with Crippen LogP contribution in [0.2, 0.25) is 5.02 Å². The molecule has 0 heterocycles. The smallest absolute Gasteiger partial charge is 0.224 e. The Morgan fingerprint density at radius 2 is 1.95 bits per heavy atom. The third-order valence-corrected chi connectivity index (χ3v) is 3.00. The lowest BCUT2D eigenvalue weighted by Gasteiger charge is -2.13. The second-order valence-corrected chi connectivity index (χ2v) is 4.69. The maximum atomic E-state index is 11.8. The molecule has 0 aliphatic carbocycles. The molecule has 1 aromatic carbocycles. The van der Waals surface area contributed by atoms with Crippen LogP contribution in [0.3, 0.4) is 0 Å². The maximum Gasteiger partial charge on any atom is 0.224 e. The monoisotopic (exact) mass is 286 g/mol. The Bertz CT molecular complexity index is 452. The molecule has 0 aromatic heterocycles. The predicted molar refractivity (Wildman–Crippen MR) is 76.0 cm³/mol. The number of hydrogen-bond acceptors (Lipinski definition) is 4. The summed E-state index contributed by atoms with van der Waals surface area (Å²) in [6.45, 7) is 2.38. The highest BCUT2D eigenvalue weighted by atomic mass is 35.5. The predicted octanol–water partition coefficient (Wildman–Crippen LogP) is 2.28. The molecule has 1 amide bonds. The number of amides is 1. The molecule has 106 valence electrons. The van der Waals surface area contributed by atoms with Crippen molar-refractivity contribution >= 4 is 23.2 Å². The zero-order chi connectivity index (χ0) is 14.4. The van der Waals surface area contributed by atoms with Gasteiger partial charge in [0.15, 0.2) is 11.5 Å². The Kier molecular flexibility index (Phi) is 5.92. The van der Waals surface area contributed by atoms with Crippen molar-refractivity contribution in [2.24, 2.45) is 11.7 Å². The van der Waals surface area contributed by atoms with Crippen molar-refractivity contribution in [2.45, 2.75) is 13.3 Å². The van der Waals surface area contributed by atoms with Gasteiger partial charge in [-0.05, 0) is 12.5 Å². The number of rotatable bonds is 6. The molecule has 0 radical (unpaired) electrons. The van der Waals surface area contributed by atoms with Gasteiger partial charge >= 0.3 is 0 Å². The summed E-state index contributed by atoms with van der Waals surface area (Å²) in [4.78, 5) is 11.8. The molecule has 5 nitrogen and oxygen atoms in total. The van der Waals surface area contributed by atoms with Crippen molar-refractivity contribution in [2.75, 3.05) is 26.1 Å². The largest absolute Gasteiger partial charge is 0.493 e. The molecule has 0 aliphatic heterocycles. The van der Waals surface area contributed by atoms with Gasteiger partial charge in [-0.3, -0.25) is 4.79 Å². The lowest BCUT2D eigenvalue weighted by atomic mass is 10.1. The Labute approximate surface area is 118 Å². The van der Waals surface area contributed by atoms with Crippen LogP contribution in [0.5, 0.6) is 11.5 Å². The first kappa shape index (κ1) is 15.6. The van der Waals surface area contributed by atoms with Gasteiger partial charge in [-0.2, -0.15) is 0 Å². The van der Waals surface area contributed by atoms with E-state index in [9.17, 15) is 4.79 Å². The number of ether oxygens (including phenoxy) is 2. The zero-order valence-electron chi connectivity index (χ0n) is 11.3. The van der Waals surface area contributed by atoms with Gasteiger partial charge in [-0.1, -0.05) is 18.5 Å². The molecule has 1 unspecified atom stereocenters. The van der Waals surface area contributed by atoms with Crippen molar-refractivity contribution in [3.8, 4) is 11.5 Å². The molecular weight excluding hydrogens is 268 g/mol. The fourth-order valence-electron chi connectivity index (χ4n) is 1.55. The van der Waals surface area contributed by atoms with Crippen LogP contribution in [0.4, 0.5) is 5.69 Å². The molecule has 19 heavy (non-hydrogen) atoms. The fourth-order valence-corrected chi connectivity index (χ4v) is 1.75. The SMILES string of the molecule is COc1cc(Cl)c(NC(=O)CC(C)CN)cc1OC. The van der Waals surface area contributed by atoms with Crippen LogP contribution in [0.15, 0.2) is 12.1 Å². The summed E-state index contributed by atoms with van der Waals surface area (Å²) < 4.78 is 10.3. The Morgan fingerprint density at radius 1 is 1.37 bits per heavy atom.